The van der Waals surface area contributed by atoms with Crippen molar-refractivity contribution in [1.82, 2.24) is 9.88 Å². The first-order chi connectivity index (χ1) is 13.6. The molecule has 4 rings (SSSR count). The van der Waals surface area contributed by atoms with Crippen molar-refractivity contribution in [3.63, 3.8) is 0 Å². The third-order valence-electron chi connectivity index (χ3n) is 4.99. The van der Waals surface area contributed by atoms with Crippen LogP contribution in [0.1, 0.15) is 15.9 Å². The average Bonchev–Trinajstić information content (AvgIpc) is 3.17. The van der Waals surface area contributed by atoms with E-state index in [1.807, 2.05) is 48.2 Å². The number of carbonyl (C=O) groups excluding carboxylic acids is 1. The molecule has 2 heterocycles. The van der Waals surface area contributed by atoms with E-state index in [9.17, 15) is 4.79 Å². The fraction of sp³-hybridized carbons (Fsp3) is 0.333. The number of fused-ring (bicyclic) bond motifs is 1. The van der Waals surface area contributed by atoms with Gasteiger partial charge in [-0.3, -0.25) is 4.79 Å². The van der Waals surface area contributed by atoms with Crippen LogP contribution in [0.3, 0.4) is 0 Å². The van der Waals surface area contributed by atoms with Gasteiger partial charge in [-0.2, -0.15) is 0 Å². The quantitative estimate of drug-likeness (QED) is 0.674. The first-order valence-corrected chi connectivity index (χ1v) is 10.0. The molecule has 0 radical (unpaired) electrons. The van der Waals surface area contributed by atoms with Crippen molar-refractivity contribution in [2.75, 3.05) is 45.3 Å². The van der Waals surface area contributed by atoms with E-state index in [1.54, 1.807) is 25.6 Å². The number of nitrogens with zero attached hydrogens (tertiary/aromatic N) is 3. The molecule has 0 bridgehead atoms. The van der Waals surface area contributed by atoms with E-state index in [1.165, 1.54) is 0 Å². The van der Waals surface area contributed by atoms with Gasteiger partial charge in [-0.25, -0.2) is 4.98 Å². The van der Waals surface area contributed by atoms with E-state index >= 15 is 0 Å². The maximum atomic E-state index is 12.8. The first kappa shape index (κ1) is 18.6. The molecule has 6 nitrogen and oxygen atoms in total. The monoisotopic (exact) mass is 397 g/mol. The zero-order chi connectivity index (χ0) is 19.7. The van der Waals surface area contributed by atoms with Crippen molar-refractivity contribution in [3.8, 4) is 11.5 Å². The van der Waals surface area contributed by atoms with Gasteiger partial charge in [0.1, 0.15) is 5.52 Å². The number of ether oxygens (including phenoxy) is 2. The Morgan fingerprint density at radius 1 is 1.07 bits per heavy atom. The molecule has 3 aromatic rings. The number of hydrogen-bond acceptors (Lipinski definition) is 6. The van der Waals surface area contributed by atoms with Gasteiger partial charge in [0.15, 0.2) is 16.6 Å². The second-order valence-electron chi connectivity index (χ2n) is 6.79. The summed E-state index contributed by atoms with van der Waals surface area (Å²) in [5.74, 6) is 1.44. The molecule has 28 heavy (non-hydrogen) atoms. The number of rotatable bonds is 4. The summed E-state index contributed by atoms with van der Waals surface area (Å²) < 4.78 is 11.9. The topological polar surface area (TPSA) is 54.9 Å². The Morgan fingerprint density at radius 3 is 2.54 bits per heavy atom. The maximum Gasteiger partial charge on any atom is 0.253 e. The summed E-state index contributed by atoms with van der Waals surface area (Å²) >= 11 is 1.64. The number of carbonyl (C=O) groups is 1. The third-order valence-corrected chi connectivity index (χ3v) is 6.07. The Kier molecular flexibility index (Phi) is 5.09. The molecule has 1 aliphatic heterocycles. The standard InChI is InChI=1S/C21H23N3O3S/c1-14-5-4-6-15(13-14)20(25)23-9-11-24(12-10-23)21-22-18-17(28-21)8-7-16(26-2)19(18)27-3/h4-8,13H,9-12H2,1-3H3. The van der Waals surface area contributed by atoms with Crippen molar-refractivity contribution < 1.29 is 14.3 Å². The van der Waals surface area contributed by atoms with Crippen molar-refractivity contribution in [3.05, 3.63) is 47.5 Å². The summed E-state index contributed by atoms with van der Waals surface area (Å²) in [6.07, 6.45) is 0. The normalized spacial score (nSPS) is 14.4. The van der Waals surface area contributed by atoms with Gasteiger partial charge >= 0.3 is 0 Å². The lowest BCUT2D eigenvalue weighted by Gasteiger charge is -2.34. The zero-order valence-corrected chi connectivity index (χ0v) is 17.1. The predicted octanol–water partition coefficient (Wildman–Crippen LogP) is 3.58. The number of amides is 1. The molecule has 0 N–H and O–H groups in total. The van der Waals surface area contributed by atoms with Crippen molar-refractivity contribution in [2.45, 2.75) is 6.92 Å². The van der Waals surface area contributed by atoms with Gasteiger partial charge in [-0.05, 0) is 31.2 Å². The summed E-state index contributed by atoms with van der Waals surface area (Å²) in [4.78, 5) is 21.7. The Hall–Kier alpha value is -2.80. The fourth-order valence-corrected chi connectivity index (χ4v) is 4.51. The van der Waals surface area contributed by atoms with E-state index in [-0.39, 0.29) is 5.91 Å². The van der Waals surface area contributed by atoms with E-state index in [4.69, 9.17) is 14.5 Å². The minimum atomic E-state index is 0.0963. The number of anilines is 1. The molecule has 0 atom stereocenters. The second kappa shape index (κ2) is 7.67. The van der Waals surface area contributed by atoms with Crippen molar-refractivity contribution in [2.24, 2.45) is 0 Å². The molecule has 0 aliphatic carbocycles. The minimum absolute atomic E-state index is 0.0963. The lowest BCUT2D eigenvalue weighted by molar-refractivity contribution is 0.0746. The van der Waals surface area contributed by atoms with E-state index in [2.05, 4.69) is 4.90 Å². The van der Waals surface area contributed by atoms with Crippen LogP contribution in [-0.2, 0) is 0 Å². The Morgan fingerprint density at radius 2 is 1.86 bits per heavy atom. The number of piperazine rings is 1. The van der Waals surface area contributed by atoms with Crippen LogP contribution < -0.4 is 14.4 Å². The van der Waals surface area contributed by atoms with Crippen LogP contribution in [0.5, 0.6) is 11.5 Å². The number of thiazole rings is 1. The number of methoxy groups -OCH3 is 2. The van der Waals surface area contributed by atoms with Crippen molar-refractivity contribution in [1.29, 1.82) is 0 Å². The number of aromatic nitrogens is 1. The Bertz CT molecular complexity index is 1010. The van der Waals surface area contributed by atoms with Gasteiger partial charge < -0.3 is 19.3 Å². The van der Waals surface area contributed by atoms with Crippen molar-refractivity contribution >= 4 is 32.6 Å². The Balaban J connectivity index is 1.50. The lowest BCUT2D eigenvalue weighted by atomic mass is 10.1. The highest BCUT2D eigenvalue weighted by Crippen LogP contribution is 2.40. The van der Waals surface area contributed by atoms with Gasteiger partial charge in [0, 0.05) is 31.7 Å². The summed E-state index contributed by atoms with van der Waals surface area (Å²) in [6.45, 7) is 4.89. The van der Waals surface area contributed by atoms with Crippen LogP contribution in [0.2, 0.25) is 0 Å². The largest absolute Gasteiger partial charge is 0.493 e. The molecule has 1 saturated heterocycles. The molecular weight excluding hydrogens is 374 g/mol. The maximum absolute atomic E-state index is 12.8. The molecule has 0 unspecified atom stereocenters. The lowest BCUT2D eigenvalue weighted by Crippen LogP contribution is -2.48. The molecule has 1 amide bonds. The number of benzene rings is 2. The van der Waals surface area contributed by atoms with E-state index < -0.39 is 0 Å². The second-order valence-corrected chi connectivity index (χ2v) is 7.80. The molecule has 146 valence electrons. The van der Waals surface area contributed by atoms with Crippen LogP contribution in [0.4, 0.5) is 5.13 Å². The number of hydrogen-bond donors (Lipinski definition) is 0. The summed E-state index contributed by atoms with van der Waals surface area (Å²) in [5, 5.41) is 0.948. The minimum Gasteiger partial charge on any atom is -0.493 e. The summed E-state index contributed by atoms with van der Waals surface area (Å²) in [5.41, 5.74) is 2.67. The Labute approximate surface area is 168 Å². The van der Waals surface area contributed by atoms with Gasteiger partial charge in [0.2, 0.25) is 0 Å². The van der Waals surface area contributed by atoms with Crippen LogP contribution in [-0.4, -0.2) is 56.2 Å². The van der Waals surface area contributed by atoms with Crippen LogP contribution in [0.25, 0.3) is 10.2 Å². The van der Waals surface area contributed by atoms with Crippen LogP contribution in [0.15, 0.2) is 36.4 Å². The van der Waals surface area contributed by atoms with Crippen LogP contribution >= 0.6 is 11.3 Å². The highest BCUT2D eigenvalue weighted by Gasteiger charge is 2.25. The average molecular weight is 398 g/mol. The summed E-state index contributed by atoms with van der Waals surface area (Å²) in [7, 11) is 3.26. The third kappa shape index (κ3) is 3.38. The van der Waals surface area contributed by atoms with Gasteiger partial charge in [0.25, 0.3) is 5.91 Å². The number of aryl methyl sites for hydroxylation is 1. The molecular formula is C21H23N3O3S. The van der Waals surface area contributed by atoms with Gasteiger partial charge in [-0.1, -0.05) is 29.0 Å². The smallest absolute Gasteiger partial charge is 0.253 e. The molecule has 0 saturated carbocycles. The molecule has 1 aromatic heterocycles. The van der Waals surface area contributed by atoms with Gasteiger partial charge in [-0.15, -0.1) is 0 Å². The first-order valence-electron chi connectivity index (χ1n) is 9.23. The summed E-state index contributed by atoms with van der Waals surface area (Å²) in [6, 6.07) is 11.7. The highest BCUT2D eigenvalue weighted by atomic mass is 32.1. The zero-order valence-electron chi connectivity index (χ0n) is 16.3. The van der Waals surface area contributed by atoms with Gasteiger partial charge in [0.05, 0.1) is 18.9 Å². The molecule has 1 fully saturated rings. The molecule has 2 aromatic carbocycles. The molecule has 1 aliphatic rings. The highest BCUT2D eigenvalue weighted by molar-refractivity contribution is 7.22. The van der Waals surface area contributed by atoms with E-state index in [0.29, 0.717) is 24.6 Å². The fourth-order valence-electron chi connectivity index (χ4n) is 3.49. The SMILES string of the molecule is COc1ccc2sc(N3CCN(C(=O)c4cccc(C)c4)CC3)nc2c1OC. The molecule has 7 heteroatoms. The van der Waals surface area contributed by atoms with Crippen LogP contribution in [0, 0.1) is 6.92 Å². The predicted molar refractivity (Wildman–Crippen MR) is 112 cm³/mol. The van der Waals surface area contributed by atoms with E-state index in [0.717, 1.165) is 39.6 Å². The molecule has 0 spiro atoms.